The molecule has 1 aromatic carbocycles. The summed E-state index contributed by atoms with van der Waals surface area (Å²) in [5.74, 6) is 0. The van der Waals surface area contributed by atoms with E-state index in [2.05, 4.69) is 33.1 Å². The number of aliphatic hydroxyl groups excluding tert-OH is 1. The van der Waals surface area contributed by atoms with Crippen molar-refractivity contribution in [1.82, 2.24) is 15.5 Å². The molecule has 0 saturated carbocycles. The van der Waals surface area contributed by atoms with E-state index in [0.29, 0.717) is 13.1 Å². The minimum absolute atomic E-state index is 0.186. The van der Waals surface area contributed by atoms with Gasteiger partial charge in [-0.2, -0.15) is 0 Å². The predicted molar refractivity (Wildman–Crippen MR) is 98.2 cm³/mol. The molecule has 0 spiro atoms. The van der Waals surface area contributed by atoms with Crippen molar-refractivity contribution in [3.8, 4) is 0 Å². The Morgan fingerprint density at radius 2 is 1.96 bits per heavy atom. The van der Waals surface area contributed by atoms with Gasteiger partial charge in [0.2, 0.25) is 0 Å². The number of hydrogen-bond donors (Lipinski definition) is 4. The Labute approximate surface area is 149 Å². The van der Waals surface area contributed by atoms with Gasteiger partial charge in [0.05, 0.1) is 19.4 Å². The maximum atomic E-state index is 12.0. The second-order valence-corrected chi connectivity index (χ2v) is 6.59. The van der Waals surface area contributed by atoms with Gasteiger partial charge in [-0.05, 0) is 31.7 Å². The summed E-state index contributed by atoms with van der Waals surface area (Å²) in [6, 6.07) is 10.2. The van der Waals surface area contributed by atoms with Crippen LogP contribution in [0.5, 0.6) is 0 Å². The molecule has 0 fully saturated rings. The molecule has 7 nitrogen and oxygen atoms in total. The predicted octanol–water partition coefficient (Wildman–Crippen LogP) is -0.480. The zero-order valence-corrected chi connectivity index (χ0v) is 15.2. The number of rotatable bonds is 8. The van der Waals surface area contributed by atoms with Crippen molar-refractivity contribution in [2.75, 3.05) is 40.8 Å². The third-order valence-electron chi connectivity index (χ3n) is 4.33. The third kappa shape index (κ3) is 6.47. The molecule has 1 heterocycles. The highest BCUT2D eigenvalue weighted by molar-refractivity contribution is 5.73. The van der Waals surface area contributed by atoms with Crippen molar-refractivity contribution in [2.45, 2.75) is 18.6 Å². The largest absolute Gasteiger partial charge is 0.445 e. The maximum Gasteiger partial charge on any atom is 0.314 e. The first kappa shape index (κ1) is 19.4. The molecule has 0 bridgehead atoms. The van der Waals surface area contributed by atoms with Crippen LogP contribution in [0.15, 0.2) is 42.1 Å². The summed E-state index contributed by atoms with van der Waals surface area (Å²) in [5.41, 5.74) is 6.29. The minimum atomic E-state index is -0.694. The van der Waals surface area contributed by atoms with Crippen molar-refractivity contribution in [2.24, 2.45) is 0 Å². The van der Waals surface area contributed by atoms with Crippen molar-refractivity contribution in [3.05, 3.63) is 53.1 Å². The number of quaternary nitrogens is 1. The summed E-state index contributed by atoms with van der Waals surface area (Å²) in [6.07, 6.45) is 2.04. The summed E-state index contributed by atoms with van der Waals surface area (Å²) in [6.45, 7) is 1.23. The van der Waals surface area contributed by atoms with Crippen LogP contribution < -0.4 is 15.6 Å². The molecule has 7 heteroatoms. The van der Waals surface area contributed by atoms with Gasteiger partial charge in [0.15, 0.2) is 0 Å². The van der Waals surface area contributed by atoms with Crippen molar-refractivity contribution >= 4 is 6.03 Å². The summed E-state index contributed by atoms with van der Waals surface area (Å²) in [4.78, 5) is 14.1. The highest BCUT2D eigenvalue weighted by atomic mass is 16.3. The number of amides is 2. The van der Waals surface area contributed by atoms with Gasteiger partial charge in [-0.1, -0.05) is 36.9 Å². The van der Waals surface area contributed by atoms with Gasteiger partial charge in [0.25, 0.3) is 0 Å². The second kappa shape index (κ2) is 9.53. The summed E-state index contributed by atoms with van der Waals surface area (Å²) < 4.78 is 0. The summed E-state index contributed by atoms with van der Waals surface area (Å²) in [5, 5.41) is 16.6. The van der Waals surface area contributed by atoms with Crippen LogP contribution >= 0.6 is 0 Å². The number of likely N-dealkylation sites (N-methyl/N-ethyl adjacent to an activating group) is 1. The molecular formula is C18H29N5O2. The molecule has 4 N–H and O–H groups in total. The van der Waals surface area contributed by atoms with E-state index in [0.717, 1.165) is 17.0 Å². The lowest BCUT2D eigenvalue weighted by atomic mass is 10.1. The molecule has 3 atom stereocenters. The standard InChI is InChI=1S/C18H29N5O2/c1-22(2)16(9-14-7-5-4-6-8-14)11-19-18(25)20-12-17(24)15-10-21-23(3)13-15/h4-8,13,16-17,23-24H,9-12H2,1-3H3,(H2,19,20,25). The first-order valence-corrected chi connectivity index (χ1v) is 8.57. The van der Waals surface area contributed by atoms with Crippen LogP contribution in [-0.4, -0.2) is 69.0 Å². The fourth-order valence-electron chi connectivity index (χ4n) is 2.69. The van der Waals surface area contributed by atoms with Gasteiger partial charge in [0.1, 0.15) is 0 Å². The Balaban J connectivity index is 1.74. The molecule has 1 aliphatic rings. The Kier molecular flexibility index (Phi) is 7.39. The zero-order valence-electron chi connectivity index (χ0n) is 15.2. The molecule has 2 rings (SSSR count). The van der Waals surface area contributed by atoms with Crippen LogP contribution in [0.3, 0.4) is 0 Å². The van der Waals surface area contributed by atoms with E-state index in [1.807, 2.05) is 45.5 Å². The van der Waals surface area contributed by atoms with E-state index in [1.54, 1.807) is 0 Å². The first-order chi connectivity index (χ1) is 12.0. The topological polar surface area (TPSA) is 83.1 Å². The van der Waals surface area contributed by atoms with E-state index >= 15 is 0 Å². The van der Waals surface area contributed by atoms with Crippen molar-refractivity contribution in [3.63, 3.8) is 0 Å². The Bertz CT molecular complexity index is 576. The molecule has 2 amide bonds. The Morgan fingerprint density at radius 3 is 2.56 bits per heavy atom. The van der Waals surface area contributed by atoms with Crippen LogP contribution in [-0.2, 0) is 6.42 Å². The van der Waals surface area contributed by atoms with E-state index in [1.165, 1.54) is 5.56 Å². The third-order valence-corrected chi connectivity index (χ3v) is 4.33. The average molecular weight is 347 g/mol. The van der Waals surface area contributed by atoms with Crippen LogP contribution in [0.25, 0.3) is 5.43 Å². The van der Waals surface area contributed by atoms with Crippen LogP contribution in [0.4, 0.5) is 4.79 Å². The van der Waals surface area contributed by atoms with Crippen LogP contribution in [0.2, 0.25) is 0 Å². The number of nitrogens with zero attached hydrogens (tertiary/aromatic N) is 2. The Morgan fingerprint density at radius 1 is 1.28 bits per heavy atom. The van der Waals surface area contributed by atoms with E-state index in [9.17, 15) is 9.90 Å². The number of carbonyl (C=O) groups excluding carboxylic acids is 1. The number of benzene rings is 1. The van der Waals surface area contributed by atoms with Gasteiger partial charge in [-0.3, -0.25) is 0 Å². The summed E-state index contributed by atoms with van der Waals surface area (Å²) in [7, 11) is 5.91. The van der Waals surface area contributed by atoms with Crippen LogP contribution in [0, 0.1) is 0 Å². The molecule has 0 aliphatic carbocycles. The first-order valence-electron chi connectivity index (χ1n) is 8.57. The minimum Gasteiger partial charge on any atom is -0.445 e. The summed E-state index contributed by atoms with van der Waals surface area (Å²) >= 11 is 0. The molecule has 138 valence electrons. The fraction of sp³-hybridized carbons (Fsp3) is 0.500. The van der Waals surface area contributed by atoms with Gasteiger partial charge in [-0.15, -0.1) is 0 Å². The number of carbonyl (C=O) groups is 1. The van der Waals surface area contributed by atoms with Gasteiger partial charge >= 0.3 is 6.03 Å². The number of nitrogens with one attached hydrogen (secondary N) is 3. The van der Waals surface area contributed by atoms with Crippen LogP contribution in [0.1, 0.15) is 5.56 Å². The lowest BCUT2D eigenvalue weighted by molar-refractivity contribution is -0.778. The van der Waals surface area contributed by atoms with E-state index < -0.39 is 6.10 Å². The monoisotopic (exact) mass is 347 g/mol. The fourth-order valence-corrected chi connectivity index (χ4v) is 2.69. The maximum absolute atomic E-state index is 12.0. The normalized spacial score (nSPS) is 19.4. The van der Waals surface area contributed by atoms with E-state index in [-0.39, 0.29) is 18.6 Å². The SMILES string of the molecule is CN(C)C(CNC(=O)NCC(O)C1=C[NH+](C)[N-]C1)Cc1ccccc1. The number of hydrogen-bond acceptors (Lipinski definition) is 3. The zero-order chi connectivity index (χ0) is 18.2. The Hall–Kier alpha value is -1.93. The van der Waals surface area contributed by atoms with E-state index in [4.69, 9.17) is 0 Å². The van der Waals surface area contributed by atoms with Crippen molar-refractivity contribution in [1.29, 1.82) is 0 Å². The smallest absolute Gasteiger partial charge is 0.314 e. The molecule has 1 aliphatic heterocycles. The second-order valence-electron chi connectivity index (χ2n) is 6.59. The molecule has 0 saturated heterocycles. The quantitative estimate of drug-likeness (QED) is 0.513. The molecule has 1 aromatic rings. The molecule has 25 heavy (non-hydrogen) atoms. The van der Waals surface area contributed by atoms with Crippen molar-refractivity contribution < 1.29 is 14.9 Å². The number of aliphatic hydroxyl groups is 1. The molecular weight excluding hydrogens is 318 g/mol. The average Bonchev–Trinajstić information content (AvgIpc) is 3.03. The van der Waals surface area contributed by atoms with Gasteiger partial charge < -0.3 is 31.1 Å². The van der Waals surface area contributed by atoms with Gasteiger partial charge in [-0.25, -0.2) is 4.79 Å². The van der Waals surface area contributed by atoms with Gasteiger partial charge in [0, 0.05) is 19.1 Å². The highest BCUT2D eigenvalue weighted by Gasteiger charge is 2.17. The number of urea groups is 1. The molecule has 0 aromatic heterocycles. The highest BCUT2D eigenvalue weighted by Crippen LogP contribution is 2.07. The molecule has 3 unspecified atom stereocenters. The molecule has 0 radical (unpaired) electrons. The lowest BCUT2D eigenvalue weighted by Gasteiger charge is -2.25. The lowest BCUT2D eigenvalue weighted by Crippen LogP contribution is -2.98.